The SMILES string of the molecule is CN(CCCCCCCCCCCOc1ccccc1[N-]S(=O)(=O)c1ccccc1)S(=O)(=O)c1ccccc1.[Li+]. The summed E-state index contributed by atoms with van der Waals surface area (Å²) in [7, 11) is -5.55. The quantitative estimate of drug-likeness (QED) is 0.166. The predicted octanol–water partition coefficient (Wildman–Crippen LogP) is 4.30. The Labute approximate surface area is 252 Å². The van der Waals surface area contributed by atoms with Gasteiger partial charge in [-0.05, 0) is 43.2 Å². The third-order valence-electron chi connectivity index (χ3n) is 6.45. The summed E-state index contributed by atoms with van der Waals surface area (Å²) >= 11 is 0. The Morgan fingerprint density at radius 1 is 0.625 bits per heavy atom. The first-order valence-corrected chi connectivity index (χ1v) is 16.4. The maximum Gasteiger partial charge on any atom is 1.00 e. The van der Waals surface area contributed by atoms with Gasteiger partial charge in [0.05, 0.1) is 16.4 Å². The van der Waals surface area contributed by atoms with Gasteiger partial charge in [0.15, 0.2) is 0 Å². The van der Waals surface area contributed by atoms with Crippen LogP contribution in [0.15, 0.2) is 94.7 Å². The Bertz CT molecular complexity index is 1340. The van der Waals surface area contributed by atoms with E-state index in [1.54, 1.807) is 67.7 Å². The summed E-state index contributed by atoms with van der Waals surface area (Å²) in [5.74, 6) is 0.471. The molecule has 212 valence electrons. The Hall–Kier alpha value is -2.28. The molecule has 0 unspecified atom stereocenters. The van der Waals surface area contributed by atoms with Crippen LogP contribution in [0.2, 0.25) is 0 Å². The first-order valence-electron chi connectivity index (χ1n) is 13.6. The van der Waals surface area contributed by atoms with E-state index in [2.05, 4.69) is 4.72 Å². The maximum atomic E-state index is 12.6. The molecule has 0 aliphatic rings. The number of hydrogen-bond donors (Lipinski definition) is 0. The van der Waals surface area contributed by atoms with Gasteiger partial charge in [-0.15, -0.1) is 0 Å². The molecule has 0 spiro atoms. The van der Waals surface area contributed by atoms with E-state index in [9.17, 15) is 16.8 Å². The van der Waals surface area contributed by atoms with Crippen LogP contribution >= 0.6 is 0 Å². The number of hydrogen-bond acceptors (Lipinski definition) is 5. The average molecular weight is 579 g/mol. The third-order valence-corrected chi connectivity index (χ3v) is 9.63. The molecule has 0 heterocycles. The molecule has 0 aromatic heterocycles. The fourth-order valence-electron chi connectivity index (χ4n) is 4.18. The molecule has 0 N–H and O–H groups in total. The molecule has 3 aromatic carbocycles. The zero-order valence-electron chi connectivity index (χ0n) is 23.6. The van der Waals surface area contributed by atoms with Gasteiger partial charge in [-0.2, -0.15) is 0 Å². The van der Waals surface area contributed by atoms with Crippen LogP contribution in [-0.2, 0) is 20.0 Å². The zero-order valence-corrected chi connectivity index (χ0v) is 25.2. The molecule has 0 bridgehead atoms. The monoisotopic (exact) mass is 578 g/mol. The van der Waals surface area contributed by atoms with Gasteiger partial charge in [0.25, 0.3) is 0 Å². The second-order valence-electron chi connectivity index (χ2n) is 9.52. The summed E-state index contributed by atoms with van der Waals surface area (Å²) in [5.41, 5.74) is 0.310. The molecule has 3 rings (SSSR count). The minimum atomic E-state index is -3.80. The Balaban J connectivity index is 0.00000560. The van der Waals surface area contributed by atoms with Crippen LogP contribution in [0.25, 0.3) is 4.72 Å². The van der Waals surface area contributed by atoms with Crippen molar-refractivity contribution in [3.8, 4) is 5.75 Å². The molecular weight excluding hydrogens is 539 g/mol. The molecule has 0 saturated carbocycles. The number of benzene rings is 3. The van der Waals surface area contributed by atoms with Crippen LogP contribution in [0, 0.1) is 0 Å². The van der Waals surface area contributed by atoms with Crippen molar-refractivity contribution in [2.24, 2.45) is 0 Å². The van der Waals surface area contributed by atoms with Crippen LogP contribution in [0.5, 0.6) is 5.75 Å². The second-order valence-corrected chi connectivity index (χ2v) is 13.2. The zero-order chi connectivity index (χ0) is 28.0. The molecule has 7 nitrogen and oxygen atoms in total. The second kappa shape index (κ2) is 17.5. The molecule has 0 atom stereocenters. The average Bonchev–Trinajstić information content (AvgIpc) is 2.95. The van der Waals surface area contributed by atoms with Crippen molar-refractivity contribution >= 4 is 25.7 Å². The topological polar surface area (TPSA) is 94.8 Å². The first kappa shape index (κ1) is 33.9. The molecule has 10 heteroatoms. The van der Waals surface area contributed by atoms with Crippen LogP contribution in [-0.4, -0.2) is 41.3 Å². The van der Waals surface area contributed by atoms with Gasteiger partial charge >= 0.3 is 18.9 Å². The molecule has 0 aliphatic carbocycles. The minimum Gasteiger partial charge on any atom is -0.570 e. The van der Waals surface area contributed by atoms with Crippen molar-refractivity contribution in [2.45, 2.75) is 67.6 Å². The number of sulfonamides is 2. The van der Waals surface area contributed by atoms with Crippen LogP contribution in [0.1, 0.15) is 57.8 Å². The molecule has 3 aromatic rings. The van der Waals surface area contributed by atoms with Gasteiger partial charge in [0, 0.05) is 13.6 Å². The number of para-hydroxylation sites is 1. The molecule has 40 heavy (non-hydrogen) atoms. The van der Waals surface area contributed by atoms with Crippen molar-refractivity contribution in [1.82, 2.24) is 4.31 Å². The van der Waals surface area contributed by atoms with Crippen LogP contribution in [0.3, 0.4) is 0 Å². The summed E-state index contributed by atoms with van der Waals surface area (Å²) < 4.78 is 61.5. The Morgan fingerprint density at radius 3 is 1.70 bits per heavy atom. The van der Waals surface area contributed by atoms with Crippen molar-refractivity contribution in [3.05, 3.63) is 89.7 Å². The van der Waals surface area contributed by atoms with Gasteiger partial charge in [0.1, 0.15) is 15.8 Å². The van der Waals surface area contributed by atoms with Gasteiger partial charge in [-0.25, -0.2) is 21.1 Å². The fraction of sp³-hybridized carbons (Fsp3) is 0.400. The standard InChI is InChI=1S/C30H39N2O5S2.Li/c1-32(39(35,36)28-21-13-10-14-22-28)25-17-7-5-3-2-4-6-8-18-26-37-30-24-16-15-23-29(30)31-38(33,34)27-19-11-9-12-20-27;/h9-16,19-24H,2-8,17-18,25-26H2,1H3;/q-1;+1. The molecule has 0 aliphatic heterocycles. The molecule has 0 fully saturated rings. The van der Waals surface area contributed by atoms with Crippen molar-refractivity contribution < 1.29 is 40.4 Å². The number of rotatable bonds is 18. The molecule has 0 radical (unpaired) electrons. The van der Waals surface area contributed by atoms with E-state index >= 15 is 0 Å². The van der Waals surface area contributed by atoms with Gasteiger partial charge in [-0.1, -0.05) is 105 Å². The van der Waals surface area contributed by atoms with E-state index in [0.29, 0.717) is 29.5 Å². The summed E-state index contributed by atoms with van der Waals surface area (Å²) in [6, 6.07) is 23.7. The van der Waals surface area contributed by atoms with E-state index in [0.717, 1.165) is 57.8 Å². The fourth-order valence-corrected chi connectivity index (χ4v) is 6.42. The van der Waals surface area contributed by atoms with E-state index in [1.807, 2.05) is 12.1 Å². The van der Waals surface area contributed by atoms with Gasteiger partial charge in [-0.3, -0.25) is 0 Å². The Morgan fingerprint density at radius 2 is 1.10 bits per heavy atom. The Kier molecular flexibility index (Phi) is 14.9. The van der Waals surface area contributed by atoms with Gasteiger partial charge < -0.3 is 9.46 Å². The van der Waals surface area contributed by atoms with E-state index in [-0.39, 0.29) is 23.8 Å². The molecular formula is C30H39LiN2O5S2. The van der Waals surface area contributed by atoms with Crippen LogP contribution < -0.4 is 23.6 Å². The van der Waals surface area contributed by atoms with E-state index in [1.165, 1.54) is 16.4 Å². The number of nitrogens with zero attached hydrogens (tertiary/aromatic N) is 2. The largest absolute Gasteiger partial charge is 1.00 e. The third kappa shape index (κ3) is 10.9. The minimum absolute atomic E-state index is 0. The van der Waals surface area contributed by atoms with Crippen molar-refractivity contribution in [1.29, 1.82) is 0 Å². The predicted molar refractivity (Wildman–Crippen MR) is 156 cm³/mol. The van der Waals surface area contributed by atoms with Crippen molar-refractivity contribution in [3.63, 3.8) is 0 Å². The van der Waals surface area contributed by atoms with Crippen LogP contribution in [0.4, 0.5) is 5.69 Å². The summed E-state index contributed by atoms with van der Waals surface area (Å²) in [6.07, 6.45) is 9.52. The van der Waals surface area contributed by atoms with E-state index in [4.69, 9.17) is 4.74 Å². The van der Waals surface area contributed by atoms with Crippen molar-refractivity contribution in [2.75, 3.05) is 20.2 Å². The normalized spacial score (nSPS) is 11.7. The summed E-state index contributed by atoms with van der Waals surface area (Å²) in [6.45, 7) is 1.04. The number of unbranched alkanes of at least 4 members (excludes halogenated alkanes) is 8. The smallest absolute Gasteiger partial charge is 0.570 e. The summed E-state index contributed by atoms with van der Waals surface area (Å²) in [4.78, 5) is 0.497. The first-order chi connectivity index (χ1) is 18.8. The molecule has 0 saturated heterocycles. The van der Waals surface area contributed by atoms with Gasteiger partial charge in [0.2, 0.25) is 10.0 Å². The summed E-state index contributed by atoms with van der Waals surface area (Å²) in [5, 5.41) is 0. The molecule has 0 amide bonds. The maximum absolute atomic E-state index is 12.6. The number of ether oxygens (including phenoxy) is 1. The van der Waals surface area contributed by atoms with E-state index < -0.39 is 20.0 Å².